The van der Waals surface area contributed by atoms with Crippen LogP contribution in [0.4, 0.5) is 9.18 Å². The van der Waals surface area contributed by atoms with Gasteiger partial charge in [-0.1, -0.05) is 32.1 Å². The molecule has 1 aromatic heterocycles. The molecule has 1 amide bonds. The number of aliphatic hydroxyl groups is 1. The fourth-order valence-corrected chi connectivity index (χ4v) is 5.90. The maximum Gasteiger partial charge on any atom is 0.410 e. The second-order valence-corrected chi connectivity index (χ2v) is 12.8. The van der Waals surface area contributed by atoms with Crippen LogP contribution < -0.4 is 0 Å². The first kappa shape index (κ1) is 31.2. The van der Waals surface area contributed by atoms with Gasteiger partial charge < -0.3 is 24.4 Å². The Morgan fingerprint density at radius 3 is 2.60 bits per heavy atom. The Balaban J connectivity index is 1.38. The summed E-state index contributed by atoms with van der Waals surface area (Å²) in [7, 11) is 2.04. The van der Waals surface area contributed by atoms with Gasteiger partial charge in [-0.25, -0.2) is 4.79 Å². The number of hydrogen-bond donors (Lipinski definition) is 1. The Bertz CT molecular complexity index is 1360. The van der Waals surface area contributed by atoms with Crippen LogP contribution in [0.5, 0.6) is 0 Å². The topological polar surface area (TPSA) is 97.1 Å². The zero-order chi connectivity index (χ0) is 30.7. The van der Waals surface area contributed by atoms with Crippen molar-refractivity contribution >= 4 is 29.0 Å². The first-order valence-electron chi connectivity index (χ1n) is 15.6. The van der Waals surface area contributed by atoms with Crippen LogP contribution in [0.25, 0.3) is 17.0 Å². The van der Waals surface area contributed by atoms with E-state index in [1.165, 1.54) is 0 Å². The minimum Gasteiger partial charge on any atom is -0.457 e. The molecule has 2 fully saturated rings. The highest BCUT2D eigenvalue weighted by Crippen LogP contribution is 2.32. The highest BCUT2D eigenvalue weighted by Gasteiger charge is 2.29. The van der Waals surface area contributed by atoms with Gasteiger partial charge in [-0.05, 0) is 80.8 Å². The molecule has 0 radical (unpaired) electrons. The lowest BCUT2D eigenvalue weighted by molar-refractivity contribution is -0.151. The third-order valence-corrected chi connectivity index (χ3v) is 8.96. The maximum atomic E-state index is 14.5. The van der Waals surface area contributed by atoms with Gasteiger partial charge in [0.2, 0.25) is 5.95 Å². The van der Waals surface area contributed by atoms with E-state index in [1.807, 2.05) is 58.2 Å². The van der Waals surface area contributed by atoms with Crippen molar-refractivity contribution in [2.24, 2.45) is 17.8 Å². The molecule has 5 atom stereocenters. The fraction of sp³-hybridized carbons (Fsp3) is 0.606. The molecule has 9 nitrogen and oxygen atoms in total. The number of aromatic nitrogens is 2. The van der Waals surface area contributed by atoms with Crippen molar-refractivity contribution in [3.05, 3.63) is 47.4 Å². The molecule has 5 rings (SSSR count). The number of fused-ring (bicyclic) bond motifs is 1. The number of rotatable bonds is 5. The second kappa shape index (κ2) is 13.6. The van der Waals surface area contributed by atoms with E-state index in [1.54, 1.807) is 15.6 Å². The van der Waals surface area contributed by atoms with Crippen LogP contribution in [0.1, 0.15) is 58.4 Å². The Hall–Kier alpha value is -3.24. The van der Waals surface area contributed by atoms with Crippen molar-refractivity contribution in [1.82, 2.24) is 19.6 Å². The van der Waals surface area contributed by atoms with E-state index in [-0.39, 0.29) is 24.3 Å². The quantitative estimate of drug-likeness (QED) is 0.382. The minimum absolute atomic E-state index is 0.0485. The van der Waals surface area contributed by atoms with Gasteiger partial charge in [0.1, 0.15) is 12.2 Å². The van der Waals surface area contributed by atoms with Crippen LogP contribution in [-0.2, 0) is 20.8 Å². The lowest BCUT2D eigenvalue weighted by atomic mass is 9.91. The molecule has 1 aromatic carbocycles. The third-order valence-electron chi connectivity index (χ3n) is 8.96. The summed E-state index contributed by atoms with van der Waals surface area (Å²) in [6.45, 7) is 9.43. The second-order valence-electron chi connectivity index (χ2n) is 12.8. The molecule has 1 N–H and O–H groups in total. The van der Waals surface area contributed by atoms with E-state index < -0.39 is 30.2 Å². The van der Waals surface area contributed by atoms with Gasteiger partial charge in [-0.15, -0.1) is 5.10 Å². The van der Waals surface area contributed by atoms with Gasteiger partial charge in [0.05, 0.1) is 23.4 Å². The average molecular weight is 597 g/mol. The van der Waals surface area contributed by atoms with E-state index in [9.17, 15) is 19.1 Å². The smallest absolute Gasteiger partial charge is 0.410 e. The fourth-order valence-electron chi connectivity index (χ4n) is 5.90. The summed E-state index contributed by atoms with van der Waals surface area (Å²) in [5.41, 5.74) is 2.41. The third kappa shape index (κ3) is 8.03. The Kier molecular flexibility index (Phi) is 9.86. The minimum atomic E-state index is -0.850. The van der Waals surface area contributed by atoms with Crippen molar-refractivity contribution in [3.63, 3.8) is 0 Å². The Labute approximate surface area is 253 Å². The molecule has 43 heavy (non-hydrogen) atoms. The molecule has 0 spiro atoms. The van der Waals surface area contributed by atoms with Crippen LogP contribution in [0.3, 0.4) is 0 Å². The van der Waals surface area contributed by atoms with Crippen molar-refractivity contribution in [3.8, 4) is 0 Å². The van der Waals surface area contributed by atoms with Crippen LogP contribution in [0.2, 0.25) is 0 Å². The van der Waals surface area contributed by atoms with Crippen molar-refractivity contribution in [2.45, 2.75) is 77.7 Å². The standard InChI is InChI=1S/C33H45FN4O5/c1-21-5-10-26(39)19-30(40)43-31(22(2)6-12-29(21)42-33(41)37-15-13-36(4)14-16-37)23(3)17-25-9-11-27-28(18-25)38(35-32(27)34)20-24-7-8-24/h6,9,11-12,17-18,21-22,24,26,29,31,39H,5,7-8,10,13-16,19-20H2,1-4H3/b12-6+,23-17+/t21-,22-,26+,29+,31-/m0/s1. The van der Waals surface area contributed by atoms with E-state index in [0.717, 1.165) is 42.6 Å². The summed E-state index contributed by atoms with van der Waals surface area (Å²) in [6.07, 6.45) is 6.70. The van der Waals surface area contributed by atoms with Crippen LogP contribution in [-0.4, -0.2) is 88.3 Å². The number of nitrogens with zero attached hydrogens (tertiary/aromatic N) is 4. The van der Waals surface area contributed by atoms with Gasteiger partial charge in [0.25, 0.3) is 0 Å². The first-order valence-corrected chi connectivity index (χ1v) is 15.6. The van der Waals surface area contributed by atoms with Crippen LogP contribution in [0, 0.1) is 23.7 Å². The number of cyclic esters (lactones) is 1. The normalized spacial score (nSPS) is 29.1. The maximum absolute atomic E-state index is 14.5. The van der Waals surface area contributed by atoms with Crippen molar-refractivity contribution in [2.75, 3.05) is 33.2 Å². The molecule has 3 heterocycles. The monoisotopic (exact) mass is 596 g/mol. The molecular formula is C33H45FN4O5. The number of esters is 1. The number of likely N-dealkylation sites (N-methyl/N-ethyl adjacent to an activating group) is 1. The zero-order valence-corrected chi connectivity index (χ0v) is 25.7. The van der Waals surface area contributed by atoms with Crippen molar-refractivity contribution < 1.29 is 28.6 Å². The van der Waals surface area contributed by atoms with Crippen LogP contribution >= 0.6 is 0 Å². The predicted molar refractivity (Wildman–Crippen MR) is 163 cm³/mol. The molecule has 3 aliphatic rings. The van der Waals surface area contributed by atoms with Gasteiger partial charge >= 0.3 is 12.1 Å². The number of piperazine rings is 1. The Morgan fingerprint density at radius 1 is 1.14 bits per heavy atom. The summed E-state index contributed by atoms with van der Waals surface area (Å²) in [5.74, 6) is -0.667. The summed E-state index contributed by atoms with van der Waals surface area (Å²) in [6, 6.07) is 5.51. The number of aliphatic hydroxyl groups excluding tert-OH is 1. The number of carbonyl (C=O) groups excluding carboxylic acids is 2. The molecule has 2 aromatic rings. The average Bonchev–Trinajstić information content (AvgIpc) is 3.74. The number of ether oxygens (including phenoxy) is 2. The van der Waals surface area contributed by atoms with Gasteiger partial charge in [0.15, 0.2) is 0 Å². The molecule has 0 bridgehead atoms. The zero-order valence-electron chi connectivity index (χ0n) is 25.7. The van der Waals surface area contributed by atoms with Crippen LogP contribution in [0.15, 0.2) is 35.9 Å². The summed E-state index contributed by atoms with van der Waals surface area (Å²) in [4.78, 5) is 29.8. The lowest BCUT2D eigenvalue weighted by Gasteiger charge is -2.33. The number of hydrogen-bond acceptors (Lipinski definition) is 7. The summed E-state index contributed by atoms with van der Waals surface area (Å²) >= 11 is 0. The van der Waals surface area contributed by atoms with E-state index in [4.69, 9.17) is 9.47 Å². The van der Waals surface area contributed by atoms with Gasteiger partial charge in [0, 0.05) is 38.6 Å². The molecule has 1 saturated heterocycles. The number of amides is 1. The largest absolute Gasteiger partial charge is 0.457 e. The molecule has 2 aliphatic heterocycles. The highest BCUT2D eigenvalue weighted by atomic mass is 19.1. The lowest BCUT2D eigenvalue weighted by Crippen LogP contribution is -2.48. The Morgan fingerprint density at radius 2 is 1.88 bits per heavy atom. The van der Waals surface area contributed by atoms with Gasteiger partial charge in [-0.2, -0.15) is 4.39 Å². The van der Waals surface area contributed by atoms with E-state index >= 15 is 0 Å². The van der Waals surface area contributed by atoms with Crippen molar-refractivity contribution in [1.29, 1.82) is 0 Å². The first-order chi connectivity index (χ1) is 20.6. The SMILES string of the molecule is C/C(=C\c1ccc2c(F)nn(CC3CC3)c2c1)[C@H]1OC(=O)C[C@H](O)CC[C@H](C)[C@H](OC(=O)N2CCN(C)CC2)/C=C/[C@@H]1C. The molecule has 234 valence electrons. The van der Waals surface area contributed by atoms with E-state index in [2.05, 4.69) is 10.00 Å². The molecular weight excluding hydrogens is 551 g/mol. The summed E-state index contributed by atoms with van der Waals surface area (Å²) in [5, 5.41) is 15.2. The highest BCUT2D eigenvalue weighted by molar-refractivity contribution is 5.82. The molecule has 0 unspecified atom stereocenters. The van der Waals surface area contributed by atoms with E-state index in [0.29, 0.717) is 43.8 Å². The van der Waals surface area contributed by atoms with Gasteiger partial charge in [-0.3, -0.25) is 9.48 Å². The summed E-state index contributed by atoms with van der Waals surface area (Å²) < 4.78 is 28.2. The molecule has 1 aliphatic carbocycles. The molecule has 1 saturated carbocycles. The number of carbonyl (C=O) groups is 2. The molecule has 10 heteroatoms. The predicted octanol–water partition coefficient (Wildman–Crippen LogP) is 5.03. The number of benzene rings is 1. The number of halogens is 1.